The topological polar surface area (TPSA) is 106 Å². The van der Waals surface area contributed by atoms with Crippen LogP contribution in [0.15, 0.2) is 36.9 Å². The number of aromatic nitrogens is 5. The van der Waals surface area contributed by atoms with Crippen LogP contribution in [0.4, 0.5) is 21.7 Å². The fraction of sp³-hybridized carbons (Fsp3) is 0.300. The maximum Gasteiger partial charge on any atom is 0.222 e. The Kier molecular flexibility index (Phi) is 5.76. The van der Waals surface area contributed by atoms with Crippen LogP contribution >= 0.6 is 0 Å². The van der Waals surface area contributed by atoms with Gasteiger partial charge in [-0.1, -0.05) is 6.92 Å². The van der Waals surface area contributed by atoms with Gasteiger partial charge in [0, 0.05) is 42.7 Å². The zero-order valence-electron chi connectivity index (χ0n) is 16.7. The summed E-state index contributed by atoms with van der Waals surface area (Å²) < 4.78 is 14.5. The first-order chi connectivity index (χ1) is 13.8. The summed E-state index contributed by atoms with van der Waals surface area (Å²) in [6.45, 7) is 6.17. The quantitative estimate of drug-likeness (QED) is 0.654. The Morgan fingerprint density at radius 1 is 1.17 bits per heavy atom. The molecule has 0 aliphatic carbocycles. The molecule has 3 aromatic rings. The van der Waals surface area contributed by atoms with Gasteiger partial charge in [-0.05, 0) is 26.3 Å². The fourth-order valence-electron chi connectivity index (χ4n) is 2.61. The number of nitrogens with zero attached hydrogens (tertiary/aromatic N) is 5. The number of anilines is 3. The van der Waals surface area contributed by atoms with E-state index in [1.165, 1.54) is 27.1 Å². The van der Waals surface area contributed by atoms with Gasteiger partial charge in [0.2, 0.25) is 5.91 Å². The van der Waals surface area contributed by atoms with E-state index < -0.39 is 5.67 Å². The number of alkyl halides is 1. The first-order valence-corrected chi connectivity index (χ1v) is 9.14. The number of pyridine rings is 1. The molecule has 0 spiro atoms. The lowest BCUT2D eigenvalue weighted by Gasteiger charge is -2.17. The summed E-state index contributed by atoms with van der Waals surface area (Å²) in [5.41, 5.74) is 0.949. The average Bonchev–Trinajstić information content (AvgIpc) is 2.67. The van der Waals surface area contributed by atoms with Gasteiger partial charge in [0.05, 0.1) is 11.4 Å². The number of hydrogen-bond donors (Lipinski definition) is 2. The molecule has 29 heavy (non-hydrogen) atoms. The minimum absolute atomic E-state index is 0.0964. The van der Waals surface area contributed by atoms with Crippen molar-refractivity contribution in [3.8, 4) is 11.3 Å². The SMILES string of the molecule is CCc1cc(Nc2cc(NC(C)=O)ncc2-c2ccncn2)nc(C(C)(C)F)n1. The third-order valence-electron chi connectivity index (χ3n) is 4.00. The van der Waals surface area contributed by atoms with Crippen LogP contribution in [0, 0.1) is 0 Å². The number of halogens is 1. The van der Waals surface area contributed by atoms with Gasteiger partial charge in [0.15, 0.2) is 11.5 Å². The van der Waals surface area contributed by atoms with Crippen LogP contribution in [-0.2, 0) is 16.9 Å². The smallest absolute Gasteiger partial charge is 0.222 e. The number of nitrogens with one attached hydrogen (secondary N) is 2. The first-order valence-electron chi connectivity index (χ1n) is 9.14. The van der Waals surface area contributed by atoms with Crippen molar-refractivity contribution >= 4 is 23.2 Å². The van der Waals surface area contributed by atoms with Crippen molar-refractivity contribution in [1.82, 2.24) is 24.9 Å². The highest BCUT2D eigenvalue weighted by Crippen LogP contribution is 2.31. The fourth-order valence-corrected chi connectivity index (χ4v) is 2.61. The van der Waals surface area contributed by atoms with Crippen molar-refractivity contribution in [1.29, 1.82) is 0 Å². The van der Waals surface area contributed by atoms with Crippen molar-refractivity contribution in [3.05, 3.63) is 48.4 Å². The van der Waals surface area contributed by atoms with E-state index in [9.17, 15) is 9.18 Å². The summed E-state index contributed by atoms with van der Waals surface area (Å²) in [6.07, 6.45) is 5.28. The van der Waals surface area contributed by atoms with E-state index in [2.05, 4.69) is 35.6 Å². The van der Waals surface area contributed by atoms with E-state index in [1.54, 1.807) is 30.6 Å². The highest BCUT2D eigenvalue weighted by Gasteiger charge is 2.24. The van der Waals surface area contributed by atoms with E-state index in [1.807, 2.05) is 6.92 Å². The molecule has 8 nitrogen and oxygen atoms in total. The normalized spacial score (nSPS) is 11.2. The van der Waals surface area contributed by atoms with Crippen molar-refractivity contribution in [2.24, 2.45) is 0 Å². The molecule has 0 radical (unpaired) electrons. The predicted molar refractivity (Wildman–Crippen MR) is 108 cm³/mol. The van der Waals surface area contributed by atoms with Crippen LogP contribution in [0.1, 0.15) is 39.2 Å². The van der Waals surface area contributed by atoms with Crippen molar-refractivity contribution in [2.75, 3.05) is 10.6 Å². The zero-order valence-corrected chi connectivity index (χ0v) is 16.7. The second-order valence-corrected chi connectivity index (χ2v) is 6.91. The summed E-state index contributed by atoms with van der Waals surface area (Å²) in [4.78, 5) is 32.5. The minimum Gasteiger partial charge on any atom is -0.339 e. The maximum absolute atomic E-state index is 14.5. The van der Waals surface area contributed by atoms with Crippen molar-refractivity contribution in [2.45, 2.75) is 39.8 Å². The van der Waals surface area contributed by atoms with Gasteiger partial charge in [0.25, 0.3) is 0 Å². The molecule has 0 saturated heterocycles. The van der Waals surface area contributed by atoms with Gasteiger partial charge in [-0.2, -0.15) is 0 Å². The number of amides is 1. The van der Waals surface area contributed by atoms with Crippen LogP contribution in [0.5, 0.6) is 0 Å². The van der Waals surface area contributed by atoms with Gasteiger partial charge in [0.1, 0.15) is 18.0 Å². The summed E-state index contributed by atoms with van der Waals surface area (Å²) in [5.74, 6) is 0.663. The van der Waals surface area contributed by atoms with Crippen molar-refractivity contribution < 1.29 is 9.18 Å². The Labute approximate surface area is 168 Å². The van der Waals surface area contributed by atoms with E-state index in [0.717, 1.165) is 0 Å². The van der Waals surface area contributed by atoms with Gasteiger partial charge in [-0.25, -0.2) is 29.3 Å². The van der Waals surface area contributed by atoms with Gasteiger partial charge >= 0.3 is 0 Å². The monoisotopic (exact) mass is 395 g/mol. The number of aryl methyl sites for hydroxylation is 1. The lowest BCUT2D eigenvalue weighted by Crippen LogP contribution is -2.16. The Hall–Kier alpha value is -3.49. The molecule has 2 N–H and O–H groups in total. The second kappa shape index (κ2) is 8.26. The van der Waals surface area contributed by atoms with E-state index in [0.29, 0.717) is 40.7 Å². The van der Waals surface area contributed by atoms with Crippen molar-refractivity contribution in [3.63, 3.8) is 0 Å². The first kappa shape index (κ1) is 20.2. The largest absolute Gasteiger partial charge is 0.339 e. The Balaban J connectivity index is 2.08. The maximum atomic E-state index is 14.5. The van der Waals surface area contributed by atoms with E-state index >= 15 is 0 Å². The standard InChI is InChI=1S/C20H22FN7O/c1-5-13-8-18(28-19(26-13)20(3,4)21)27-16-9-17(25-12(2)29)23-10-14(16)15-6-7-22-11-24-15/h6-11H,5H2,1-4H3,(H2,23,25,26,27,28,29). The third-order valence-corrected chi connectivity index (χ3v) is 4.00. The summed E-state index contributed by atoms with van der Waals surface area (Å²) in [5, 5.41) is 5.85. The molecule has 0 aliphatic heterocycles. The number of carbonyl (C=O) groups excluding carboxylic acids is 1. The molecular weight excluding hydrogens is 373 g/mol. The number of rotatable bonds is 6. The number of carbonyl (C=O) groups is 1. The average molecular weight is 395 g/mol. The molecule has 0 bridgehead atoms. The lowest BCUT2D eigenvalue weighted by atomic mass is 10.1. The summed E-state index contributed by atoms with van der Waals surface area (Å²) in [6, 6.07) is 5.18. The highest BCUT2D eigenvalue weighted by molar-refractivity contribution is 5.89. The summed E-state index contributed by atoms with van der Waals surface area (Å²) in [7, 11) is 0. The molecule has 150 valence electrons. The Bertz CT molecular complexity index is 1020. The molecule has 3 aromatic heterocycles. The molecule has 0 saturated carbocycles. The van der Waals surface area contributed by atoms with Crippen LogP contribution < -0.4 is 10.6 Å². The van der Waals surface area contributed by atoms with Crippen LogP contribution in [0.2, 0.25) is 0 Å². The highest BCUT2D eigenvalue weighted by atomic mass is 19.1. The van der Waals surface area contributed by atoms with Crippen LogP contribution in [0.3, 0.4) is 0 Å². The summed E-state index contributed by atoms with van der Waals surface area (Å²) >= 11 is 0. The zero-order chi connectivity index (χ0) is 21.0. The molecule has 0 aromatic carbocycles. The molecule has 0 fully saturated rings. The predicted octanol–water partition coefficient (Wildman–Crippen LogP) is 3.80. The van der Waals surface area contributed by atoms with Crippen LogP contribution in [-0.4, -0.2) is 30.8 Å². The van der Waals surface area contributed by atoms with E-state index in [-0.39, 0.29) is 11.7 Å². The molecule has 0 atom stereocenters. The third kappa shape index (κ3) is 5.07. The van der Waals surface area contributed by atoms with Gasteiger partial charge in [-0.3, -0.25) is 4.79 Å². The second-order valence-electron chi connectivity index (χ2n) is 6.91. The molecule has 9 heteroatoms. The Morgan fingerprint density at radius 2 is 1.97 bits per heavy atom. The molecule has 0 aliphatic rings. The molecule has 0 unspecified atom stereocenters. The molecule has 3 heterocycles. The van der Waals surface area contributed by atoms with E-state index in [4.69, 9.17) is 0 Å². The van der Waals surface area contributed by atoms with Gasteiger partial charge < -0.3 is 10.6 Å². The van der Waals surface area contributed by atoms with Gasteiger partial charge in [-0.15, -0.1) is 0 Å². The lowest BCUT2D eigenvalue weighted by molar-refractivity contribution is -0.114. The van der Waals surface area contributed by atoms with Crippen LogP contribution in [0.25, 0.3) is 11.3 Å². The molecular formula is C20H22FN7O. The minimum atomic E-state index is -1.68. The molecule has 1 amide bonds. The number of hydrogen-bond acceptors (Lipinski definition) is 7. The Morgan fingerprint density at radius 3 is 2.59 bits per heavy atom. The molecule has 3 rings (SSSR count).